The van der Waals surface area contributed by atoms with Crippen molar-refractivity contribution in [3.63, 3.8) is 0 Å². The molecule has 3 nitrogen and oxygen atoms in total. The van der Waals surface area contributed by atoms with E-state index in [1.54, 1.807) is 0 Å². The van der Waals surface area contributed by atoms with E-state index in [0.717, 1.165) is 36.3 Å². The number of hydrogen-bond acceptors (Lipinski definition) is 2. The number of nitrogens with one attached hydrogen (secondary N) is 1. The van der Waals surface area contributed by atoms with Crippen molar-refractivity contribution in [2.24, 2.45) is 0 Å². The third kappa shape index (κ3) is 5.39. The number of carbonyl (C=O) groups excluding carboxylic acids is 1. The molecular formula is C30H28N2O. The van der Waals surface area contributed by atoms with Gasteiger partial charge in [-0.3, -0.25) is 9.69 Å². The van der Waals surface area contributed by atoms with Gasteiger partial charge in [0.2, 0.25) is 5.91 Å². The molecule has 1 aliphatic rings. The van der Waals surface area contributed by atoms with Gasteiger partial charge in [0.05, 0.1) is 6.42 Å². The molecule has 0 atom stereocenters. The molecule has 0 saturated carbocycles. The van der Waals surface area contributed by atoms with Crippen LogP contribution in [0, 0.1) is 0 Å². The normalized spacial score (nSPS) is 13.0. The smallest absolute Gasteiger partial charge is 0.224 e. The number of nitrogens with zero attached hydrogens (tertiary/aromatic N) is 1. The van der Waals surface area contributed by atoms with Crippen molar-refractivity contribution in [2.75, 3.05) is 0 Å². The molecule has 0 aliphatic carbocycles. The maximum absolute atomic E-state index is 12.4. The molecule has 3 heteroatoms. The SMILES string of the molecule is O=C(Cc1ccc(-c2ccccc2)cc1)NCc1ccc(CN2Cc3ccccc3C2)cc1. The summed E-state index contributed by atoms with van der Waals surface area (Å²) in [4.78, 5) is 14.9. The summed E-state index contributed by atoms with van der Waals surface area (Å²) in [5.74, 6) is 0.0429. The average Bonchev–Trinajstić information content (AvgIpc) is 3.27. The Kier molecular flexibility index (Phi) is 6.32. The Morgan fingerprint density at radius 1 is 0.636 bits per heavy atom. The third-order valence-corrected chi connectivity index (χ3v) is 6.25. The van der Waals surface area contributed by atoms with E-state index in [1.165, 1.54) is 22.3 Å². The van der Waals surface area contributed by atoms with Gasteiger partial charge in [0.1, 0.15) is 0 Å². The molecule has 0 radical (unpaired) electrons. The highest BCUT2D eigenvalue weighted by Gasteiger charge is 2.18. The molecule has 1 amide bonds. The summed E-state index contributed by atoms with van der Waals surface area (Å²) in [5, 5.41) is 3.05. The molecule has 0 unspecified atom stereocenters. The molecule has 0 spiro atoms. The first-order valence-electron chi connectivity index (χ1n) is 11.5. The Bertz CT molecular complexity index is 1190. The first-order chi connectivity index (χ1) is 16.2. The maximum atomic E-state index is 12.4. The van der Waals surface area contributed by atoms with Gasteiger partial charge in [-0.05, 0) is 38.9 Å². The highest BCUT2D eigenvalue weighted by Crippen LogP contribution is 2.24. The van der Waals surface area contributed by atoms with Crippen LogP contribution in [0.1, 0.15) is 27.8 Å². The third-order valence-electron chi connectivity index (χ3n) is 6.25. The van der Waals surface area contributed by atoms with Gasteiger partial charge in [0, 0.05) is 26.2 Å². The lowest BCUT2D eigenvalue weighted by molar-refractivity contribution is -0.120. The largest absolute Gasteiger partial charge is 0.352 e. The van der Waals surface area contributed by atoms with E-state index in [1.807, 2.05) is 30.3 Å². The van der Waals surface area contributed by atoms with Gasteiger partial charge in [-0.15, -0.1) is 0 Å². The van der Waals surface area contributed by atoms with Crippen LogP contribution in [0.2, 0.25) is 0 Å². The van der Waals surface area contributed by atoms with Crippen LogP contribution in [0.3, 0.4) is 0 Å². The quantitative estimate of drug-likeness (QED) is 0.405. The van der Waals surface area contributed by atoms with E-state index < -0.39 is 0 Å². The van der Waals surface area contributed by atoms with E-state index in [4.69, 9.17) is 0 Å². The summed E-state index contributed by atoms with van der Waals surface area (Å²) < 4.78 is 0. The number of rotatable bonds is 7. The number of benzene rings is 4. The van der Waals surface area contributed by atoms with Crippen molar-refractivity contribution < 1.29 is 4.79 Å². The molecule has 5 rings (SSSR count). The van der Waals surface area contributed by atoms with Crippen molar-refractivity contribution in [2.45, 2.75) is 32.6 Å². The second kappa shape index (κ2) is 9.85. The lowest BCUT2D eigenvalue weighted by atomic mass is 10.0. The molecule has 1 aliphatic heterocycles. The molecule has 0 bridgehead atoms. The fourth-order valence-electron chi connectivity index (χ4n) is 4.43. The second-order valence-electron chi connectivity index (χ2n) is 8.75. The zero-order valence-corrected chi connectivity index (χ0v) is 18.7. The zero-order valence-electron chi connectivity index (χ0n) is 18.7. The molecule has 0 aromatic heterocycles. The highest BCUT2D eigenvalue weighted by atomic mass is 16.1. The van der Waals surface area contributed by atoms with Crippen LogP contribution in [-0.2, 0) is 37.4 Å². The zero-order chi connectivity index (χ0) is 22.5. The van der Waals surface area contributed by atoms with Crippen molar-refractivity contribution in [3.05, 3.63) is 131 Å². The Morgan fingerprint density at radius 3 is 1.85 bits per heavy atom. The van der Waals surface area contributed by atoms with Crippen molar-refractivity contribution in [1.29, 1.82) is 0 Å². The van der Waals surface area contributed by atoms with Gasteiger partial charge in [-0.25, -0.2) is 0 Å². The Morgan fingerprint density at radius 2 is 1.18 bits per heavy atom. The van der Waals surface area contributed by atoms with Gasteiger partial charge < -0.3 is 5.32 Å². The molecular weight excluding hydrogens is 404 g/mol. The molecule has 4 aromatic carbocycles. The van der Waals surface area contributed by atoms with Gasteiger partial charge in [-0.2, -0.15) is 0 Å². The minimum atomic E-state index is 0.0429. The Labute approximate surface area is 195 Å². The number of fused-ring (bicyclic) bond motifs is 1. The molecule has 0 fully saturated rings. The van der Waals surface area contributed by atoms with Gasteiger partial charge >= 0.3 is 0 Å². The monoisotopic (exact) mass is 432 g/mol. The number of carbonyl (C=O) groups is 1. The van der Waals surface area contributed by atoms with Gasteiger partial charge in [0.25, 0.3) is 0 Å². The molecule has 33 heavy (non-hydrogen) atoms. The number of amides is 1. The van der Waals surface area contributed by atoms with Crippen molar-refractivity contribution in [1.82, 2.24) is 10.2 Å². The van der Waals surface area contributed by atoms with E-state index >= 15 is 0 Å². The highest BCUT2D eigenvalue weighted by molar-refractivity contribution is 5.78. The van der Waals surface area contributed by atoms with E-state index in [2.05, 4.69) is 83.0 Å². The van der Waals surface area contributed by atoms with Crippen LogP contribution < -0.4 is 5.32 Å². The molecule has 164 valence electrons. The minimum absolute atomic E-state index is 0.0429. The second-order valence-corrected chi connectivity index (χ2v) is 8.75. The van der Waals surface area contributed by atoms with E-state index in [-0.39, 0.29) is 5.91 Å². The van der Waals surface area contributed by atoms with Crippen molar-refractivity contribution >= 4 is 5.91 Å². The predicted molar refractivity (Wildman–Crippen MR) is 133 cm³/mol. The fourth-order valence-corrected chi connectivity index (χ4v) is 4.43. The van der Waals surface area contributed by atoms with Crippen LogP contribution >= 0.6 is 0 Å². The summed E-state index contributed by atoms with van der Waals surface area (Å²) in [5.41, 5.74) is 8.67. The number of hydrogen-bond donors (Lipinski definition) is 1. The first kappa shape index (κ1) is 21.2. The van der Waals surface area contributed by atoms with Gasteiger partial charge in [0.15, 0.2) is 0 Å². The standard InChI is InChI=1S/C30H28N2O/c33-30(18-23-14-16-27(17-15-23)26-6-2-1-3-7-26)31-19-24-10-12-25(13-11-24)20-32-21-28-8-4-5-9-29(28)22-32/h1-17H,18-22H2,(H,31,33). The lowest BCUT2D eigenvalue weighted by Gasteiger charge is -2.15. The molecule has 1 heterocycles. The summed E-state index contributed by atoms with van der Waals surface area (Å²) in [6.45, 7) is 3.53. The topological polar surface area (TPSA) is 32.3 Å². The summed E-state index contributed by atoms with van der Waals surface area (Å²) >= 11 is 0. The summed E-state index contributed by atoms with van der Waals surface area (Å²) in [7, 11) is 0. The first-order valence-corrected chi connectivity index (χ1v) is 11.5. The van der Waals surface area contributed by atoms with Crippen LogP contribution in [0.15, 0.2) is 103 Å². The average molecular weight is 433 g/mol. The van der Waals surface area contributed by atoms with E-state index in [0.29, 0.717) is 13.0 Å². The van der Waals surface area contributed by atoms with E-state index in [9.17, 15) is 4.79 Å². The van der Waals surface area contributed by atoms with Crippen LogP contribution in [-0.4, -0.2) is 10.8 Å². The van der Waals surface area contributed by atoms with Gasteiger partial charge in [-0.1, -0.05) is 103 Å². The fraction of sp³-hybridized carbons (Fsp3) is 0.167. The van der Waals surface area contributed by atoms with Crippen LogP contribution in [0.25, 0.3) is 11.1 Å². The molecule has 4 aromatic rings. The maximum Gasteiger partial charge on any atom is 0.224 e. The summed E-state index contributed by atoms with van der Waals surface area (Å²) in [6, 6.07) is 35.8. The molecule has 1 N–H and O–H groups in total. The Balaban J connectivity index is 1.09. The lowest BCUT2D eigenvalue weighted by Crippen LogP contribution is -2.24. The summed E-state index contributed by atoms with van der Waals surface area (Å²) in [6.07, 6.45) is 0.392. The van der Waals surface area contributed by atoms with Crippen molar-refractivity contribution in [3.8, 4) is 11.1 Å². The minimum Gasteiger partial charge on any atom is -0.352 e. The predicted octanol–water partition coefficient (Wildman–Crippen LogP) is 5.73. The van der Waals surface area contributed by atoms with Crippen LogP contribution in [0.4, 0.5) is 0 Å². The Hall–Kier alpha value is -3.69. The molecule has 0 saturated heterocycles. The van der Waals surface area contributed by atoms with Crippen LogP contribution in [0.5, 0.6) is 0 Å².